The van der Waals surface area contributed by atoms with Crippen LogP contribution in [0.4, 0.5) is 11.4 Å². The van der Waals surface area contributed by atoms with Crippen molar-refractivity contribution in [3.63, 3.8) is 0 Å². The monoisotopic (exact) mass is 846 g/mol. The van der Waals surface area contributed by atoms with Crippen LogP contribution in [0.1, 0.15) is 35.7 Å². The Kier molecular flexibility index (Phi) is 10.7. The summed E-state index contributed by atoms with van der Waals surface area (Å²) >= 11 is 3.71. The highest BCUT2D eigenvalue weighted by atomic mass is 79.9. The lowest BCUT2D eigenvalue weighted by molar-refractivity contribution is -0.146. The lowest BCUT2D eigenvalue weighted by atomic mass is 9.82. The van der Waals surface area contributed by atoms with Gasteiger partial charge in [0.15, 0.2) is 5.60 Å². The van der Waals surface area contributed by atoms with E-state index < -0.39 is 13.7 Å². The summed E-state index contributed by atoms with van der Waals surface area (Å²) in [5.74, 6) is 0.471. The molecule has 6 aromatic rings. The van der Waals surface area contributed by atoms with Gasteiger partial charge in [0.05, 0.1) is 45.6 Å². The number of anilines is 2. The third-order valence-corrected chi connectivity index (χ3v) is 16.9. The van der Waals surface area contributed by atoms with Crippen molar-refractivity contribution in [3.8, 4) is 5.75 Å². The lowest BCUT2D eigenvalue weighted by Crippen LogP contribution is -2.51. The number of carbonyl (C=O) groups excluding carboxylic acids is 2. The van der Waals surface area contributed by atoms with Crippen LogP contribution in [0.5, 0.6) is 5.75 Å². The molecule has 1 spiro atoms. The standard InChI is InChI=1S/C44H47BrN6O5Si/c1-28-42(57(3,4)35-16-14-34(55-2)15-17-35)40(19-21-50-27-33(20-22-52)48-49-50)56-44(28)37-24-31(45)11-18-39(37)51(43(44)54)26-29-9-12-32(13-10-29)47-41(53)23-30-25-46-38-8-6-5-7-36(30)38/h5-18,24-25,27-28,40,42,46,52H,19-23,26H2,1-4H3,(H,47,53)/t28-,40+,42-,44+/m0/s1. The average molecular weight is 848 g/mol. The number of para-hydroxylation sites is 1. The van der Waals surface area contributed by atoms with Crippen LogP contribution in [0.15, 0.2) is 108 Å². The van der Waals surface area contributed by atoms with Gasteiger partial charge in [-0.15, -0.1) is 5.10 Å². The van der Waals surface area contributed by atoms with Gasteiger partial charge in [0, 0.05) is 64.5 Å². The van der Waals surface area contributed by atoms with Gasteiger partial charge in [-0.25, -0.2) is 0 Å². The minimum atomic E-state index is -2.34. The van der Waals surface area contributed by atoms with Crippen molar-refractivity contribution in [1.82, 2.24) is 20.0 Å². The number of aromatic amines is 1. The first kappa shape index (κ1) is 38.8. The van der Waals surface area contributed by atoms with Crippen molar-refractivity contribution < 1.29 is 24.2 Å². The number of nitrogens with zero attached hydrogens (tertiary/aromatic N) is 4. The van der Waals surface area contributed by atoms with Crippen molar-refractivity contribution in [2.75, 3.05) is 23.9 Å². The third-order valence-electron chi connectivity index (χ3n) is 12.0. The second-order valence-electron chi connectivity index (χ2n) is 15.7. The van der Waals surface area contributed by atoms with E-state index in [4.69, 9.17) is 9.47 Å². The number of ether oxygens (including phenoxy) is 2. The van der Waals surface area contributed by atoms with Crippen LogP contribution in [0.25, 0.3) is 10.9 Å². The van der Waals surface area contributed by atoms with Gasteiger partial charge < -0.3 is 29.8 Å². The molecule has 294 valence electrons. The fraction of sp³-hybridized carbons (Fsp3) is 0.318. The maximum Gasteiger partial charge on any atom is 0.264 e. The normalized spacial score (nSPS) is 20.4. The van der Waals surface area contributed by atoms with Gasteiger partial charge in [-0.1, -0.05) is 88.8 Å². The first-order valence-electron chi connectivity index (χ1n) is 19.4. The number of fused-ring (bicyclic) bond motifs is 3. The molecule has 13 heteroatoms. The molecule has 1 saturated heterocycles. The number of amides is 2. The largest absolute Gasteiger partial charge is 0.497 e. The van der Waals surface area contributed by atoms with Crippen LogP contribution in [-0.2, 0) is 45.9 Å². The second-order valence-corrected chi connectivity index (χ2v) is 21.3. The van der Waals surface area contributed by atoms with E-state index in [1.165, 1.54) is 5.19 Å². The summed E-state index contributed by atoms with van der Waals surface area (Å²) in [6, 6.07) is 30.1. The number of aliphatic hydroxyl groups is 1. The quantitative estimate of drug-likeness (QED) is 0.106. The fourth-order valence-electron chi connectivity index (χ4n) is 9.18. The van der Waals surface area contributed by atoms with Crippen LogP contribution in [0, 0.1) is 5.92 Å². The topological polar surface area (TPSA) is 135 Å². The molecule has 2 aliphatic heterocycles. The molecular formula is C44H47BrN6O5Si. The molecule has 2 amide bonds. The predicted molar refractivity (Wildman–Crippen MR) is 227 cm³/mol. The number of hydrogen-bond acceptors (Lipinski definition) is 7. The number of methoxy groups -OCH3 is 1. The Morgan fingerprint density at radius 2 is 1.84 bits per heavy atom. The maximum atomic E-state index is 15.2. The number of aryl methyl sites for hydroxylation is 1. The third kappa shape index (κ3) is 7.22. The molecule has 4 atom stereocenters. The van der Waals surface area contributed by atoms with Crippen LogP contribution < -0.4 is 20.1 Å². The zero-order valence-electron chi connectivity index (χ0n) is 32.5. The van der Waals surface area contributed by atoms with E-state index in [0.717, 1.165) is 49.2 Å². The Bertz CT molecular complexity index is 2410. The van der Waals surface area contributed by atoms with E-state index in [9.17, 15) is 9.90 Å². The van der Waals surface area contributed by atoms with E-state index in [1.54, 1.807) is 7.11 Å². The van der Waals surface area contributed by atoms with Gasteiger partial charge in [-0.3, -0.25) is 14.3 Å². The summed E-state index contributed by atoms with van der Waals surface area (Å²) in [5, 5.41) is 23.3. The van der Waals surface area contributed by atoms with Gasteiger partial charge in [-0.2, -0.15) is 0 Å². The molecule has 57 heavy (non-hydrogen) atoms. The number of hydrogen-bond donors (Lipinski definition) is 3. The van der Waals surface area contributed by atoms with Crippen molar-refractivity contribution in [2.24, 2.45) is 5.92 Å². The maximum absolute atomic E-state index is 15.2. The second kappa shape index (κ2) is 15.7. The predicted octanol–water partition coefficient (Wildman–Crippen LogP) is 7.10. The average Bonchev–Trinajstić information content (AvgIpc) is 3.96. The Morgan fingerprint density at radius 1 is 1.07 bits per heavy atom. The zero-order chi connectivity index (χ0) is 39.9. The van der Waals surface area contributed by atoms with Crippen LogP contribution in [0.3, 0.4) is 0 Å². The van der Waals surface area contributed by atoms with Crippen LogP contribution in [-0.4, -0.2) is 64.8 Å². The number of H-pyrrole nitrogens is 1. The highest BCUT2D eigenvalue weighted by Gasteiger charge is 2.66. The van der Waals surface area contributed by atoms with E-state index in [-0.39, 0.29) is 42.4 Å². The molecule has 2 aromatic heterocycles. The summed E-state index contributed by atoms with van der Waals surface area (Å²) in [6.45, 7) is 7.85. The molecule has 4 heterocycles. The number of aliphatic hydroxyl groups excluding tert-OH is 1. The zero-order valence-corrected chi connectivity index (χ0v) is 35.1. The van der Waals surface area contributed by atoms with E-state index in [0.29, 0.717) is 31.6 Å². The smallest absolute Gasteiger partial charge is 0.264 e. The molecule has 0 bridgehead atoms. The van der Waals surface area contributed by atoms with Crippen molar-refractivity contribution >= 4 is 63.3 Å². The Morgan fingerprint density at radius 3 is 2.60 bits per heavy atom. The Balaban J connectivity index is 1.07. The molecule has 0 saturated carbocycles. The SMILES string of the molecule is COc1ccc([Si](C)(C)[C@@H]2[C@@H](CCn3cc(CCO)nn3)O[C@]3(C(=O)N(Cc4ccc(NC(=O)Cc5c[nH]c6ccccc56)cc4)c4ccc(Br)cc43)[C@H]2C)cc1. The Labute approximate surface area is 341 Å². The molecule has 11 nitrogen and oxygen atoms in total. The molecule has 0 unspecified atom stereocenters. The summed E-state index contributed by atoms with van der Waals surface area (Å²) in [4.78, 5) is 33.4. The highest BCUT2D eigenvalue weighted by Crippen LogP contribution is 2.60. The molecular weight excluding hydrogens is 801 g/mol. The van der Waals surface area contributed by atoms with Crippen LogP contribution in [0.2, 0.25) is 18.6 Å². The van der Waals surface area contributed by atoms with Gasteiger partial charge in [-0.05, 0) is 71.6 Å². The number of carbonyl (C=O) groups is 2. The Hall–Kier alpha value is -5.08. The summed E-state index contributed by atoms with van der Waals surface area (Å²) in [6.07, 6.45) is 4.84. The number of rotatable bonds is 13. The number of halogens is 1. The van der Waals surface area contributed by atoms with Crippen molar-refractivity contribution in [2.45, 2.75) is 69.6 Å². The van der Waals surface area contributed by atoms with Crippen molar-refractivity contribution in [1.29, 1.82) is 0 Å². The summed E-state index contributed by atoms with van der Waals surface area (Å²) < 4.78 is 15.5. The number of nitrogens with one attached hydrogen (secondary N) is 2. The molecule has 2 aliphatic rings. The minimum absolute atomic E-state index is 0.00890. The van der Waals surface area contributed by atoms with Crippen LogP contribution >= 0.6 is 15.9 Å². The first-order chi connectivity index (χ1) is 27.5. The lowest BCUT2D eigenvalue weighted by Gasteiger charge is -2.37. The van der Waals surface area contributed by atoms with Gasteiger partial charge >= 0.3 is 0 Å². The molecule has 8 rings (SSSR count). The molecule has 4 aromatic carbocycles. The van der Waals surface area contributed by atoms with Crippen molar-refractivity contribution in [3.05, 3.63) is 130 Å². The number of aromatic nitrogens is 4. The fourth-order valence-corrected chi connectivity index (χ4v) is 13.6. The van der Waals surface area contributed by atoms with E-state index in [2.05, 4.69) is 74.8 Å². The van der Waals surface area contributed by atoms with E-state index >= 15 is 4.79 Å². The van der Waals surface area contributed by atoms with Gasteiger partial charge in [0.25, 0.3) is 5.91 Å². The summed E-state index contributed by atoms with van der Waals surface area (Å²) in [5.41, 5.74) is 4.87. The highest BCUT2D eigenvalue weighted by molar-refractivity contribution is 9.10. The minimum Gasteiger partial charge on any atom is -0.497 e. The summed E-state index contributed by atoms with van der Waals surface area (Å²) in [7, 11) is -0.666. The van der Waals surface area contributed by atoms with E-state index in [1.807, 2.05) is 94.8 Å². The molecule has 1 fully saturated rings. The van der Waals surface area contributed by atoms with Gasteiger partial charge in [0.1, 0.15) is 5.75 Å². The number of benzene rings is 4. The molecule has 3 N–H and O–H groups in total. The first-order valence-corrected chi connectivity index (χ1v) is 23.3. The molecule has 0 aliphatic carbocycles. The molecule has 0 radical (unpaired) electrons. The van der Waals surface area contributed by atoms with Gasteiger partial charge in [0.2, 0.25) is 5.91 Å².